The highest BCUT2D eigenvalue weighted by atomic mass is 35.5. The number of allylic oxidation sites excluding steroid dienone is 1. The van der Waals surface area contributed by atoms with Crippen molar-refractivity contribution in [3.63, 3.8) is 0 Å². The quantitative estimate of drug-likeness (QED) is 0.534. The lowest BCUT2D eigenvalue weighted by Crippen LogP contribution is -2.39. The molecule has 1 aliphatic rings. The molecular formula is C24H20Cl2N2O4S. The van der Waals surface area contributed by atoms with Crippen LogP contribution in [0, 0.1) is 0 Å². The molecule has 0 spiro atoms. The van der Waals surface area contributed by atoms with E-state index in [-0.39, 0.29) is 17.9 Å². The third-order valence-electron chi connectivity index (χ3n) is 5.25. The van der Waals surface area contributed by atoms with Gasteiger partial charge in [-0.2, -0.15) is 0 Å². The maximum absolute atomic E-state index is 13.5. The standard InChI is InChI=1S/C24H20Cl2N2O4S/c1-3-32-23(31)20-13(2)27-24-28(21(20)14-4-7-16(25)8-5-14)22(30)19(33-24)11-6-15-12-17(26)9-10-18(15)29/h4-5,7-12,21,29H,3,6H2,1-2H3/b19-11-/t21-/m0/s1. The smallest absolute Gasteiger partial charge is 0.338 e. The number of rotatable bonds is 5. The second-order valence-electron chi connectivity index (χ2n) is 7.39. The third kappa shape index (κ3) is 4.62. The molecule has 0 radical (unpaired) electrons. The van der Waals surface area contributed by atoms with E-state index in [1.54, 1.807) is 56.3 Å². The van der Waals surface area contributed by atoms with E-state index in [2.05, 4.69) is 4.99 Å². The van der Waals surface area contributed by atoms with Gasteiger partial charge in [0.2, 0.25) is 0 Å². The molecule has 2 heterocycles. The van der Waals surface area contributed by atoms with Crippen LogP contribution in [0.3, 0.4) is 0 Å². The van der Waals surface area contributed by atoms with Gasteiger partial charge >= 0.3 is 5.97 Å². The number of hydrogen-bond donors (Lipinski definition) is 1. The van der Waals surface area contributed by atoms with Crippen molar-refractivity contribution in [3.8, 4) is 5.75 Å². The number of phenols is 1. The number of esters is 1. The van der Waals surface area contributed by atoms with Gasteiger partial charge in [-0.25, -0.2) is 9.79 Å². The van der Waals surface area contributed by atoms with Crippen molar-refractivity contribution in [2.45, 2.75) is 26.3 Å². The van der Waals surface area contributed by atoms with E-state index < -0.39 is 12.0 Å². The predicted molar refractivity (Wildman–Crippen MR) is 130 cm³/mol. The highest BCUT2D eigenvalue weighted by Crippen LogP contribution is 2.31. The normalized spacial score (nSPS) is 15.9. The molecule has 1 atom stereocenters. The number of hydrogen-bond acceptors (Lipinski definition) is 6. The molecule has 0 saturated carbocycles. The molecule has 9 heteroatoms. The van der Waals surface area contributed by atoms with Crippen LogP contribution in [-0.4, -0.2) is 22.2 Å². The number of aromatic nitrogens is 1. The van der Waals surface area contributed by atoms with Crippen LogP contribution in [0.1, 0.15) is 31.0 Å². The average molecular weight is 503 g/mol. The Kier molecular flexibility index (Phi) is 6.74. The molecule has 0 fully saturated rings. The highest BCUT2D eigenvalue weighted by molar-refractivity contribution is 7.07. The summed E-state index contributed by atoms with van der Waals surface area (Å²) in [5.41, 5.74) is 1.84. The van der Waals surface area contributed by atoms with Crippen LogP contribution >= 0.6 is 34.5 Å². The maximum Gasteiger partial charge on any atom is 0.338 e. The summed E-state index contributed by atoms with van der Waals surface area (Å²) in [6, 6.07) is 11.1. The summed E-state index contributed by atoms with van der Waals surface area (Å²) in [7, 11) is 0. The van der Waals surface area contributed by atoms with E-state index in [1.807, 2.05) is 0 Å². The molecule has 6 nitrogen and oxygen atoms in total. The minimum Gasteiger partial charge on any atom is -0.508 e. The minimum absolute atomic E-state index is 0.0999. The average Bonchev–Trinajstić information content (AvgIpc) is 3.09. The van der Waals surface area contributed by atoms with Gasteiger partial charge in [-0.3, -0.25) is 9.36 Å². The molecule has 3 aromatic rings. The first-order valence-corrected chi connectivity index (χ1v) is 11.8. The fourth-order valence-electron chi connectivity index (χ4n) is 3.71. The van der Waals surface area contributed by atoms with Crippen LogP contribution in [0.5, 0.6) is 5.75 Å². The lowest BCUT2D eigenvalue weighted by Gasteiger charge is -2.24. The minimum atomic E-state index is -0.695. The van der Waals surface area contributed by atoms with Crippen molar-refractivity contribution in [1.82, 2.24) is 4.57 Å². The predicted octanol–water partition coefficient (Wildman–Crippen LogP) is 4.01. The van der Waals surface area contributed by atoms with Crippen molar-refractivity contribution in [2.75, 3.05) is 6.61 Å². The Bertz CT molecular complexity index is 1440. The molecule has 170 valence electrons. The third-order valence-corrected chi connectivity index (χ3v) is 6.77. The van der Waals surface area contributed by atoms with Crippen LogP contribution in [-0.2, 0) is 16.0 Å². The maximum atomic E-state index is 13.5. The molecule has 0 unspecified atom stereocenters. The lowest BCUT2D eigenvalue weighted by molar-refractivity contribution is -0.139. The number of phenolic OH excluding ortho intramolecular Hbond substituents is 1. The molecular weight excluding hydrogens is 483 g/mol. The van der Waals surface area contributed by atoms with Crippen LogP contribution in [0.15, 0.2) is 63.5 Å². The number of carbonyl (C=O) groups excluding carboxylic acids is 1. The number of carbonyl (C=O) groups is 1. The fraction of sp³-hybridized carbons (Fsp3) is 0.208. The van der Waals surface area contributed by atoms with E-state index in [9.17, 15) is 14.7 Å². The van der Waals surface area contributed by atoms with Crippen molar-refractivity contribution in [2.24, 2.45) is 4.99 Å². The number of thiazole rings is 1. The SMILES string of the molecule is CCOC(=O)C1=C(C)N=c2s/c(=C\Cc3cc(Cl)ccc3O)c(=O)n2[C@H]1c1ccc(Cl)cc1. The second kappa shape index (κ2) is 9.55. The van der Waals surface area contributed by atoms with Crippen LogP contribution < -0.4 is 14.9 Å². The molecule has 0 saturated heterocycles. The van der Waals surface area contributed by atoms with Crippen molar-refractivity contribution >= 4 is 46.6 Å². The molecule has 1 N–H and O–H groups in total. The van der Waals surface area contributed by atoms with E-state index >= 15 is 0 Å². The van der Waals surface area contributed by atoms with Gasteiger partial charge in [-0.05, 0) is 61.7 Å². The van der Waals surface area contributed by atoms with Crippen LogP contribution in [0.4, 0.5) is 0 Å². The van der Waals surface area contributed by atoms with Crippen LogP contribution in [0.25, 0.3) is 6.08 Å². The van der Waals surface area contributed by atoms with E-state index in [1.165, 1.54) is 22.0 Å². The zero-order valence-electron chi connectivity index (χ0n) is 17.8. The molecule has 4 rings (SSSR count). The summed E-state index contributed by atoms with van der Waals surface area (Å²) < 4.78 is 7.24. The first-order chi connectivity index (χ1) is 15.8. The van der Waals surface area contributed by atoms with Gasteiger partial charge in [0.1, 0.15) is 5.75 Å². The van der Waals surface area contributed by atoms with Gasteiger partial charge in [0, 0.05) is 10.0 Å². The van der Waals surface area contributed by atoms with Gasteiger partial charge in [0.15, 0.2) is 4.80 Å². The number of aromatic hydroxyl groups is 1. The van der Waals surface area contributed by atoms with Gasteiger partial charge in [-0.1, -0.05) is 52.7 Å². The Morgan fingerprint density at radius 1 is 1.21 bits per heavy atom. The molecule has 1 aromatic heterocycles. The molecule has 1 aliphatic heterocycles. The summed E-state index contributed by atoms with van der Waals surface area (Å²) in [6.45, 7) is 3.67. The fourth-order valence-corrected chi connectivity index (χ4v) is 5.05. The largest absolute Gasteiger partial charge is 0.508 e. The first-order valence-electron chi connectivity index (χ1n) is 10.2. The topological polar surface area (TPSA) is 80.9 Å². The van der Waals surface area contributed by atoms with E-state index in [4.69, 9.17) is 27.9 Å². The number of ether oxygens (including phenoxy) is 1. The summed E-state index contributed by atoms with van der Waals surface area (Å²) in [4.78, 5) is 31.3. The van der Waals surface area contributed by atoms with Crippen molar-refractivity contribution in [1.29, 1.82) is 0 Å². The Hall–Kier alpha value is -2.87. The summed E-state index contributed by atoms with van der Waals surface area (Å²) in [6.07, 6.45) is 2.04. The van der Waals surface area contributed by atoms with Gasteiger partial charge < -0.3 is 9.84 Å². The molecule has 33 heavy (non-hydrogen) atoms. The number of nitrogens with zero attached hydrogens (tertiary/aromatic N) is 2. The summed E-state index contributed by atoms with van der Waals surface area (Å²) in [5, 5.41) is 11.1. The summed E-state index contributed by atoms with van der Waals surface area (Å²) in [5.74, 6) is -0.417. The van der Waals surface area contributed by atoms with Gasteiger partial charge in [0.05, 0.1) is 28.5 Å². The second-order valence-corrected chi connectivity index (χ2v) is 9.27. The highest BCUT2D eigenvalue weighted by Gasteiger charge is 2.33. The Morgan fingerprint density at radius 3 is 2.61 bits per heavy atom. The van der Waals surface area contributed by atoms with Crippen LogP contribution in [0.2, 0.25) is 10.0 Å². The lowest BCUT2D eigenvalue weighted by atomic mass is 9.96. The molecule has 2 aromatic carbocycles. The zero-order chi connectivity index (χ0) is 23.7. The number of halogens is 2. The number of fused-ring (bicyclic) bond motifs is 1. The Morgan fingerprint density at radius 2 is 1.91 bits per heavy atom. The van der Waals surface area contributed by atoms with Gasteiger partial charge in [0.25, 0.3) is 5.56 Å². The van der Waals surface area contributed by atoms with Crippen molar-refractivity contribution in [3.05, 3.63) is 94.6 Å². The zero-order valence-corrected chi connectivity index (χ0v) is 20.2. The summed E-state index contributed by atoms with van der Waals surface area (Å²) >= 11 is 13.3. The molecule has 0 aliphatic carbocycles. The van der Waals surface area contributed by atoms with Gasteiger partial charge in [-0.15, -0.1) is 0 Å². The number of benzene rings is 2. The first kappa shape index (κ1) is 23.3. The van der Waals surface area contributed by atoms with E-state index in [0.717, 1.165) is 5.56 Å². The Labute approximate surface area is 203 Å². The van der Waals surface area contributed by atoms with Crippen molar-refractivity contribution < 1.29 is 14.6 Å². The molecule has 0 bridgehead atoms. The monoisotopic (exact) mass is 502 g/mol. The van der Waals surface area contributed by atoms with E-state index in [0.29, 0.717) is 42.6 Å². The Balaban J connectivity index is 1.87. The molecule has 0 amide bonds.